The van der Waals surface area contributed by atoms with Crippen LogP contribution in [0.5, 0.6) is 0 Å². The van der Waals surface area contributed by atoms with Crippen LogP contribution in [0.15, 0.2) is 22.9 Å². The lowest BCUT2D eigenvalue weighted by Gasteiger charge is -2.32. The molecule has 134 valence electrons. The lowest BCUT2D eigenvalue weighted by molar-refractivity contribution is -0.149. The third kappa shape index (κ3) is 4.33. The third-order valence-electron chi connectivity index (χ3n) is 3.79. The first kappa shape index (κ1) is 17.8. The quantitative estimate of drug-likeness (QED) is 0.723. The number of hydrogen-bond acceptors (Lipinski definition) is 6. The highest BCUT2D eigenvalue weighted by Gasteiger charge is 2.26. The molecule has 2 aromatic rings. The maximum atomic E-state index is 12.3. The van der Waals surface area contributed by atoms with Gasteiger partial charge in [-0.25, -0.2) is 9.50 Å². The number of rotatable bonds is 6. The van der Waals surface area contributed by atoms with Crippen LogP contribution in [0, 0.1) is 0 Å². The molecular formula is C15H18BrN5O4. The van der Waals surface area contributed by atoms with Gasteiger partial charge in [-0.15, -0.1) is 0 Å². The smallest absolute Gasteiger partial charge is 0.271 e. The van der Waals surface area contributed by atoms with Crippen molar-refractivity contribution in [1.29, 1.82) is 0 Å². The number of nitrogens with zero attached hydrogens (tertiary/aromatic N) is 4. The second-order valence-corrected chi connectivity index (χ2v) is 6.50. The van der Waals surface area contributed by atoms with E-state index in [1.165, 1.54) is 4.52 Å². The van der Waals surface area contributed by atoms with Gasteiger partial charge in [0.25, 0.3) is 5.91 Å². The van der Waals surface area contributed by atoms with E-state index in [4.69, 9.17) is 9.47 Å². The summed E-state index contributed by atoms with van der Waals surface area (Å²) in [7, 11) is 1.59. The van der Waals surface area contributed by atoms with Crippen molar-refractivity contribution in [2.24, 2.45) is 0 Å². The van der Waals surface area contributed by atoms with Gasteiger partial charge in [-0.3, -0.25) is 9.59 Å². The van der Waals surface area contributed by atoms with Crippen LogP contribution >= 0.6 is 15.9 Å². The molecule has 0 spiro atoms. The SMILES string of the molecule is COCCN1CC(CNC(=O)c2cc3ncc(Br)cn3n2)OCC1=O. The molecule has 2 amide bonds. The molecule has 1 aliphatic rings. The Bertz CT molecular complexity index is 780. The lowest BCUT2D eigenvalue weighted by Crippen LogP contribution is -2.51. The maximum Gasteiger partial charge on any atom is 0.271 e. The average Bonchev–Trinajstić information content (AvgIpc) is 3.02. The predicted octanol–water partition coefficient (Wildman–Crippen LogP) is 0.0954. The summed E-state index contributed by atoms with van der Waals surface area (Å²) in [5, 5.41) is 6.98. The van der Waals surface area contributed by atoms with Crippen molar-refractivity contribution in [3.8, 4) is 0 Å². The van der Waals surface area contributed by atoms with Crippen LogP contribution in [-0.4, -0.2) is 77.4 Å². The van der Waals surface area contributed by atoms with E-state index in [1.54, 1.807) is 30.5 Å². The Labute approximate surface area is 152 Å². The van der Waals surface area contributed by atoms with Gasteiger partial charge in [0.1, 0.15) is 6.61 Å². The zero-order chi connectivity index (χ0) is 17.8. The third-order valence-corrected chi connectivity index (χ3v) is 4.20. The molecule has 3 rings (SSSR count). The molecule has 1 unspecified atom stereocenters. The number of morpholine rings is 1. The number of hydrogen-bond donors (Lipinski definition) is 1. The monoisotopic (exact) mass is 411 g/mol. The second kappa shape index (κ2) is 7.89. The van der Waals surface area contributed by atoms with Crippen molar-refractivity contribution >= 4 is 33.4 Å². The van der Waals surface area contributed by atoms with Gasteiger partial charge in [0.15, 0.2) is 11.3 Å². The zero-order valence-electron chi connectivity index (χ0n) is 13.6. The minimum atomic E-state index is -0.314. The van der Waals surface area contributed by atoms with Crippen molar-refractivity contribution in [3.63, 3.8) is 0 Å². The minimum Gasteiger partial charge on any atom is -0.383 e. The van der Waals surface area contributed by atoms with Gasteiger partial charge in [-0.05, 0) is 15.9 Å². The second-order valence-electron chi connectivity index (χ2n) is 5.58. The summed E-state index contributed by atoms with van der Waals surface area (Å²) in [5.41, 5.74) is 0.854. The van der Waals surface area contributed by atoms with Crippen LogP contribution in [0.25, 0.3) is 5.65 Å². The van der Waals surface area contributed by atoms with Crippen molar-refractivity contribution in [1.82, 2.24) is 24.8 Å². The Balaban J connectivity index is 1.56. The topological polar surface area (TPSA) is 98.1 Å². The van der Waals surface area contributed by atoms with Crippen molar-refractivity contribution in [2.75, 3.05) is 40.0 Å². The van der Waals surface area contributed by atoms with Gasteiger partial charge < -0.3 is 19.7 Å². The highest BCUT2D eigenvalue weighted by molar-refractivity contribution is 9.10. The normalized spacial score (nSPS) is 17.9. The number of halogens is 1. The average molecular weight is 412 g/mol. The summed E-state index contributed by atoms with van der Waals surface area (Å²) in [5.74, 6) is -0.387. The molecule has 0 aliphatic carbocycles. The summed E-state index contributed by atoms with van der Waals surface area (Å²) in [4.78, 5) is 29.9. The number of ether oxygens (including phenoxy) is 2. The van der Waals surface area contributed by atoms with Crippen LogP contribution in [0.4, 0.5) is 0 Å². The van der Waals surface area contributed by atoms with E-state index in [2.05, 4.69) is 31.3 Å². The zero-order valence-corrected chi connectivity index (χ0v) is 15.2. The number of carbonyl (C=O) groups is 2. The molecule has 2 aromatic heterocycles. The summed E-state index contributed by atoms with van der Waals surface area (Å²) in [6.45, 7) is 1.70. The lowest BCUT2D eigenvalue weighted by atomic mass is 10.2. The van der Waals surface area contributed by atoms with Crippen LogP contribution in [0.2, 0.25) is 0 Å². The van der Waals surface area contributed by atoms with Crippen LogP contribution in [0.1, 0.15) is 10.5 Å². The summed E-state index contributed by atoms with van der Waals surface area (Å²) in [6, 6.07) is 1.61. The number of methoxy groups -OCH3 is 1. The van der Waals surface area contributed by atoms with Gasteiger partial charge >= 0.3 is 0 Å². The van der Waals surface area contributed by atoms with Crippen LogP contribution in [0.3, 0.4) is 0 Å². The molecule has 0 bridgehead atoms. The van der Waals surface area contributed by atoms with Gasteiger partial charge in [-0.2, -0.15) is 5.10 Å². The van der Waals surface area contributed by atoms with Gasteiger partial charge in [0.05, 0.1) is 17.2 Å². The summed E-state index contributed by atoms with van der Waals surface area (Å²) >= 11 is 3.31. The first-order valence-corrected chi connectivity index (χ1v) is 8.53. The van der Waals surface area contributed by atoms with E-state index in [1.807, 2.05) is 0 Å². The molecule has 3 heterocycles. The van der Waals surface area contributed by atoms with Gasteiger partial charge in [0.2, 0.25) is 5.91 Å². The standard InChI is InChI=1S/C15H18BrN5O4/c1-24-3-2-20-8-11(25-9-14(20)22)6-18-15(23)12-4-13-17-5-10(16)7-21(13)19-12/h4-5,7,11H,2-3,6,8-9H2,1H3,(H,18,23). The summed E-state index contributed by atoms with van der Waals surface area (Å²) in [6.07, 6.45) is 3.10. The molecule has 0 radical (unpaired) electrons. The molecule has 0 saturated carbocycles. The summed E-state index contributed by atoms with van der Waals surface area (Å²) < 4.78 is 12.8. The molecular weight excluding hydrogens is 394 g/mol. The van der Waals surface area contributed by atoms with Crippen molar-refractivity contribution < 1.29 is 19.1 Å². The molecule has 1 saturated heterocycles. The molecule has 10 heteroatoms. The predicted molar refractivity (Wildman–Crippen MR) is 91.2 cm³/mol. The number of aromatic nitrogens is 3. The highest BCUT2D eigenvalue weighted by atomic mass is 79.9. The van der Waals surface area contributed by atoms with Gasteiger partial charge in [-0.1, -0.05) is 0 Å². The molecule has 25 heavy (non-hydrogen) atoms. The van der Waals surface area contributed by atoms with E-state index in [0.29, 0.717) is 31.9 Å². The number of carbonyl (C=O) groups excluding carboxylic acids is 2. The molecule has 1 atom stereocenters. The Hall–Kier alpha value is -2.04. The van der Waals surface area contributed by atoms with E-state index in [-0.39, 0.29) is 30.2 Å². The Morgan fingerprint density at radius 1 is 1.56 bits per heavy atom. The highest BCUT2D eigenvalue weighted by Crippen LogP contribution is 2.10. The molecule has 1 aliphatic heterocycles. The number of nitrogens with one attached hydrogen (secondary N) is 1. The molecule has 1 fully saturated rings. The fourth-order valence-corrected chi connectivity index (χ4v) is 2.78. The molecule has 1 N–H and O–H groups in total. The van der Waals surface area contributed by atoms with Crippen molar-refractivity contribution in [2.45, 2.75) is 6.10 Å². The van der Waals surface area contributed by atoms with E-state index >= 15 is 0 Å². The first-order valence-electron chi connectivity index (χ1n) is 7.74. The Morgan fingerprint density at radius 2 is 2.40 bits per heavy atom. The first-order chi connectivity index (χ1) is 12.1. The fraction of sp³-hybridized carbons (Fsp3) is 0.467. The Kier molecular flexibility index (Phi) is 5.61. The van der Waals surface area contributed by atoms with Crippen LogP contribution in [-0.2, 0) is 14.3 Å². The van der Waals surface area contributed by atoms with E-state index < -0.39 is 0 Å². The van der Waals surface area contributed by atoms with Crippen molar-refractivity contribution in [3.05, 3.63) is 28.6 Å². The van der Waals surface area contributed by atoms with E-state index in [0.717, 1.165) is 4.47 Å². The van der Waals surface area contributed by atoms with E-state index in [9.17, 15) is 9.59 Å². The maximum absolute atomic E-state index is 12.3. The molecule has 0 aromatic carbocycles. The number of amides is 2. The van der Waals surface area contributed by atoms with Crippen LogP contribution < -0.4 is 5.32 Å². The Morgan fingerprint density at radius 3 is 3.20 bits per heavy atom. The van der Waals surface area contributed by atoms with Gasteiger partial charge in [0, 0.05) is 45.2 Å². The largest absolute Gasteiger partial charge is 0.383 e. The molecule has 9 nitrogen and oxygen atoms in total. The minimum absolute atomic E-state index is 0.0105. The fourth-order valence-electron chi connectivity index (χ4n) is 2.48. The number of fused-ring (bicyclic) bond motifs is 1.